The van der Waals surface area contributed by atoms with Crippen molar-refractivity contribution in [3.05, 3.63) is 29.9 Å². The standard InChI is InChI=1S/C10H16N4/c1-14-3-2-13-10(14)5-8-4-9(11)7-12-6-8/h2-4,9,12H,5-7,11H2,1H3. The number of rotatable bonds is 2. The topological polar surface area (TPSA) is 55.9 Å². The largest absolute Gasteiger partial charge is 0.338 e. The van der Waals surface area contributed by atoms with Crippen LogP contribution >= 0.6 is 0 Å². The van der Waals surface area contributed by atoms with E-state index in [4.69, 9.17) is 5.73 Å². The molecule has 14 heavy (non-hydrogen) atoms. The second kappa shape index (κ2) is 3.94. The number of aryl methyl sites for hydroxylation is 1. The van der Waals surface area contributed by atoms with Crippen molar-refractivity contribution in [2.45, 2.75) is 12.5 Å². The van der Waals surface area contributed by atoms with Crippen molar-refractivity contribution in [1.82, 2.24) is 14.9 Å². The van der Waals surface area contributed by atoms with Crippen LogP contribution in [-0.2, 0) is 13.5 Å². The van der Waals surface area contributed by atoms with E-state index in [9.17, 15) is 0 Å². The fourth-order valence-corrected chi connectivity index (χ4v) is 1.71. The zero-order valence-electron chi connectivity index (χ0n) is 8.40. The number of nitrogens with zero attached hydrogens (tertiary/aromatic N) is 2. The maximum Gasteiger partial charge on any atom is 0.112 e. The van der Waals surface area contributed by atoms with Gasteiger partial charge in [-0.3, -0.25) is 0 Å². The Balaban J connectivity index is 2.07. The molecule has 1 aliphatic rings. The lowest BCUT2D eigenvalue weighted by Gasteiger charge is -2.18. The van der Waals surface area contributed by atoms with E-state index in [2.05, 4.69) is 16.4 Å². The zero-order chi connectivity index (χ0) is 9.97. The smallest absolute Gasteiger partial charge is 0.112 e. The van der Waals surface area contributed by atoms with Crippen LogP contribution in [0.1, 0.15) is 5.82 Å². The molecule has 0 bridgehead atoms. The minimum atomic E-state index is 0.152. The van der Waals surface area contributed by atoms with Gasteiger partial charge in [-0.25, -0.2) is 4.98 Å². The molecule has 0 fully saturated rings. The van der Waals surface area contributed by atoms with Gasteiger partial charge in [0.05, 0.1) is 0 Å². The minimum Gasteiger partial charge on any atom is -0.338 e. The molecule has 1 unspecified atom stereocenters. The molecule has 1 atom stereocenters. The number of aromatic nitrogens is 2. The highest BCUT2D eigenvalue weighted by molar-refractivity contribution is 5.17. The van der Waals surface area contributed by atoms with Gasteiger partial charge in [-0.2, -0.15) is 0 Å². The molecular weight excluding hydrogens is 176 g/mol. The lowest BCUT2D eigenvalue weighted by Crippen LogP contribution is -2.38. The van der Waals surface area contributed by atoms with Gasteiger partial charge in [0.15, 0.2) is 0 Å². The molecule has 1 aliphatic heterocycles. The van der Waals surface area contributed by atoms with Crippen molar-refractivity contribution in [1.29, 1.82) is 0 Å². The molecule has 0 amide bonds. The molecule has 0 saturated carbocycles. The molecule has 4 heteroatoms. The van der Waals surface area contributed by atoms with Gasteiger partial charge in [0.1, 0.15) is 5.82 Å². The van der Waals surface area contributed by atoms with Crippen molar-refractivity contribution >= 4 is 0 Å². The molecule has 1 aromatic rings. The van der Waals surface area contributed by atoms with Crippen LogP contribution in [0.2, 0.25) is 0 Å². The van der Waals surface area contributed by atoms with Crippen LogP contribution in [0.4, 0.5) is 0 Å². The molecule has 1 aromatic heterocycles. The number of imidazole rings is 1. The maximum atomic E-state index is 5.83. The Hall–Kier alpha value is -1.13. The number of nitrogens with one attached hydrogen (secondary N) is 1. The van der Waals surface area contributed by atoms with Crippen LogP contribution in [0.3, 0.4) is 0 Å². The molecule has 3 N–H and O–H groups in total. The quantitative estimate of drug-likeness (QED) is 0.639. The van der Waals surface area contributed by atoms with Crippen LogP contribution < -0.4 is 11.1 Å². The van der Waals surface area contributed by atoms with Gasteiger partial charge in [-0.15, -0.1) is 0 Å². The predicted molar refractivity (Wildman–Crippen MR) is 55.8 cm³/mol. The van der Waals surface area contributed by atoms with E-state index >= 15 is 0 Å². The van der Waals surface area contributed by atoms with Crippen molar-refractivity contribution in [3.63, 3.8) is 0 Å². The van der Waals surface area contributed by atoms with Gasteiger partial charge in [-0.05, 0) is 0 Å². The highest BCUT2D eigenvalue weighted by atomic mass is 15.0. The monoisotopic (exact) mass is 192 g/mol. The summed E-state index contributed by atoms with van der Waals surface area (Å²) in [5, 5.41) is 3.29. The molecule has 2 heterocycles. The summed E-state index contributed by atoms with van der Waals surface area (Å²) in [6.45, 7) is 1.81. The summed E-state index contributed by atoms with van der Waals surface area (Å²) in [4.78, 5) is 4.29. The third-order valence-electron chi connectivity index (χ3n) is 2.49. The summed E-state index contributed by atoms with van der Waals surface area (Å²) in [5.74, 6) is 1.09. The second-order valence-corrected chi connectivity index (χ2v) is 3.75. The molecule has 4 nitrogen and oxygen atoms in total. The van der Waals surface area contributed by atoms with E-state index in [1.165, 1.54) is 5.57 Å². The van der Waals surface area contributed by atoms with E-state index < -0.39 is 0 Å². The van der Waals surface area contributed by atoms with Crippen LogP contribution in [-0.4, -0.2) is 28.7 Å². The first kappa shape index (κ1) is 9.43. The molecule has 0 spiro atoms. The molecule has 0 saturated heterocycles. The molecule has 0 aromatic carbocycles. The van der Waals surface area contributed by atoms with Crippen LogP contribution in [0.5, 0.6) is 0 Å². The molecule has 0 aliphatic carbocycles. The normalized spacial score (nSPS) is 22.1. The Bertz CT molecular complexity index is 340. The summed E-state index contributed by atoms with van der Waals surface area (Å²) < 4.78 is 2.04. The predicted octanol–water partition coefficient (Wildman–Crippen LogP) is -0.180. The number of nitrogens with two attached hydrogens (primary N) is 1. The molecule has 0 radical (unpaired) electrons. The Morgan fingerprint density at radius 1 is 1.71 bits per heavy atom. The van der Waals surface area contributed by atoms with Gasteiger partial charge in [0.2, 0.25) is 0 Å². The SMILES string of the molecule is Cn1ccnc1CC1=CC(N)CNC1. The van der Waals surface area contributed by atoms with Gasteiger partial charge in [0.25, 0.3) is 0 Å². The Morgan fingerprint density at radius 3 is 3.21 bits per heavy atom. The summed E-state index contributed by atoms with van der Waals surface area (Å²) in [7, 11) is 2.01. The fourth-order valence-electron chi connectivity index (χ4n) is 1.71. The van der Waals surface area contributed by atoms with Gasteiger partial charge < -0.3 is 15.6 Å². The minimum absolute atomic E-state index is 0.152. The Morgan fingerprint density at radius 2 is 2.57 bits per heavy atom. The first-order valence-corrected chi connectivity index (χ1v) is 4.88. The Labute approximate surface area is 83.8 Å². The van der Waals surface area contributed by atoms with E-state index in [1.807, 2.05) is 24.0 Å². The molecule has 76 valence electrons. The van der Waals surface area contributed by atoms with Crippen molar-refractivity contribution in [3.8, 4) is 0 Å². The van der Waals surface area contributed by atoms with Crippen molar-refractivity contribution < 1.29 is 0 Å². The van der Waals surface area contributed by atoms with E-state index in [0.717, 1.165) is 25.3 Å². The first-order valence-electron chi connectivity index (χ1n) is 4.88. The van der Waals surface area contributed by atoms with Crippen LogP contribution in [0.25, 0.3) is 0 Å². The second-order valence-electron chi connectivity index (χ2n) is 3.75. The zero-order valence-corrected chi connectivity index (χ0v) is 8.40. The fraction of sp³-hybridized carbons (Fsp3) is 0.500. The average molecular weight is 192 g/mol. The number of hydrogen-bond donors (Lipinski definition) is 2. The van der Waals surface area contributed by atoms with E-state index in [0.29, 0.717) is 0 Å². The molecular formula is C10H16N4. The number of hydrogen-bond acceptors (Lipinski definition) is 3. The lowest BCUT2D eigenvalue weighted by molar-refractivity contribution is 0.621. The molecule has 2 rings (SSSR count). The van der Waals surface area contributed by atoms with Gasteiger partial charge >= 0.3 is 0 Å². The van der Waals surface area contributed by atoms with Gasteiger partial charge in [-0.1, -0.05) is 11.6 Å². The Kier molecular flexibility index (Phi) is 2.65. The van der Waals surface area contributed by atoms with Crippen molar-refractivity contribution in [2.75, 3.05) is 13.1 Å². The van der Waals surface area contributed by atoms with E-state index in [1.54, 1.807) is 0 Å². The highest BCUT2D eigenvalue weighted by Crippen LogP contribution is 2.07. The van der Waals surface area contributed by atoms with Crippen molar-refractivity contribution in [2.24, 2.45) is 12.8 Å². The summed E-state index contributed by atoms with van der Waals surface area (Å²) in [5.41, 5.74) is 7.16. The van der Waals surface area contributed by atoms with Gasteiger partial charge in [0, 0.05) is 45.0 Å². The third-order valence-corrected chi connectivity index (χ3v) is 2.49. The third kappa shape index (κ3) is 2.02. The summed E-state index contributed by atoms with van der Waals surface area (Å²) in [6, 6.07) is 0.152. The highest BCUT2D eigenvalue weighted by Gasteiger charge is 2.10. The summed E-state index contributed by atoms with van der Waals surface area (Å²) >= 11 is 0. The first-order chi connectivity index (χ1) is 6.75. The van der Waals surface area contributed by atoms with E-state index in [-0.39, 0.29) is 6.04 Å². The summed E-state index contributed by atoms with van der Waals surface area (Å²) in [6.07, 6.45) is 6.83. The van der Waals surface area contributed by atoms with Crippen LogP contribution in [0.15, 0.2) is 24.0 Å². The van der Waals surface area contributed by atoms with Crippen LogP contribution in [0, 0.1) is 0 Å². The lowest BCUT2D eigenvalue weighted by atomic mass is 10.1. The average Bonchev–Trinajstić information content (AvgIpc) is 2.52. The maximum absolute atomic E-state index is 5.83.